The number of hydrogen-bond acceptors (Lipinski definition) is 0. The highest BCUT2D eigenvalue weighted by atomic mass is 79.9. The first-order valence-corrected chi connectivity index (χ1v) is 8.12. The molecule has 0 spiro atoms. The topological polar surface area (TPSA) is 0 Å². The molecule has 0 aromatic heterocycles. The van der Waals surface area contributed by atoms with Crippen LogP contribution in [0.4, 0.5) is 0 Å². The van der Waals surface area contributed by atoms with Gasteiger partial charge in [0.15, 0.2) is 0 Å². The molecule has 0 fully saturated rings. The van der Waals surface area contributed by atoms with E-state index in [0.717, 1.165) is 10.7 Å². The Kier molecular flexibility index (Phi) is 6.06. The molecule has 1 aromatic carbocycles. The fraction of sp³-hybridized carbons (Fsp3) is 0.571. The van der Waals surface area contributed by atoms with Gasteiger partial charge in [-0.3, -0.25) is 0 Å². The summed E-state index contributed by atoms with van der Waals surface area (Å²) in [5.41, 5.74) is 3.05. The maximum Gasteiger partial charge on any atom is 0.0147 e. The number of alkyl halides is 2. The summed E-state index contributed by atoms with van der Waals surface area (Å²) >= 11 is 7.39. The Hall–Kier alpha value is 0.180. The van der Waals surface area contributed by atoms with E-state index < -0.39 is 0 Å². The maximum atomic E-state index is 3.69. The molecule has 0 aliphatic rings. The molecular weight excluding hydrogens is 328 g/mol. The lowest BCUT2D eigenvalue weighted by atomic mass is 9.79. The van der Waals surface area contributed by atoms with E-state index in [1.54, 1.807) is 0 Å². The molecule has 1 aromatic rings. The number of hydrogen-bond donors (Lipinski definition) is 0. The van der Waals surface area contributed by atoms with Crippen LogP contribution in [0.25, 0.3) is 0 Å². The molecule has 0 radical (unpaired) electrons. The molecule has 0 heterocycles. The van der Waals surface area contributed by atoms with Gasteiger partial charge in [0, 0.05) is 16.1 Å². The van der Waals surface area contributed by atoms with Crippen molar-refractivity contribution in [2.75, 3.05) is 10.7 Å². The van der Waals surface area contributed by atoms with Crippen LogP contribution in [0.5, 0.6) is 0 Å². The summed E-state index contributed by atoms with van der Waals surface area (Å²) in [5.74, 6) is 0. The van der Waals surface area contributed by atoms with Gasteiger partial charge in [-0.25, -0.2) is 0 Å². The minimum absolute atomic E-state index is 0.252. The molecule has 16 heavy (non-hydrogen) atoms. The van der Waals surface area contributed by atoms with E-state index in [1.165, 1.54) is 30.4 Å². The van der Waals surface area contributed by atoms with Crippen molar-refractivity contribution in [1.29, 1.82) is 0 Å². The van der Waals surface area contributed by atoms with Gasteiger partial charge in [0.2, 0.25) is 0 Å². The van der Waals surface area contributed by atoms with E-state index >= 15 is 0 Å². The Balaban J connectivity index is 2.99. The molecule has 0 atom stereocenters. The number of rotatable bonds is 6. The summed E-state index contributed by atoms with van der Waals surface area (Å²) < 4.78 is 0. The third kappa shape index (κ3) is 3.33. The molecular formula is C14H20Br2. The molecule has 0 bridgehead atoms. The van der Waals surface area contributed by atoms with Crippen molar-refractivity contribution in [2.24, 2.45) is 0 Å². The molecule has 0 aliphatic heterocycles. The maximum absolute atomic E-state index is 3.69. The summed E-state index contributed by atoms with van der Waals surface area (Å²) in [7, 11) is 0. The Bertz CT molecular complexity index is 316. The van der Waals surface area contributed by atoms with Gasteiger partial charge in [0.25, 0.3) is 0 Å². The summed E-state index contributed by atoms with van der Waals surface area (Å²) in [6.07, 6.45) is 3.78. The number of aryl methyl sites for hydroxylation is 1. The Morgan fingerprint density at radius 1 is 1.19 bits per heavy atom. The van der Waals surface area contributed by atoms with Gasteiger partial charge >= 0.3 is 0 Å². The largest absolute Gasteiger partial charge is 0.0918 e. The molecule has 0 N–H and O–H groups in total. The monoisotopic (exact) mass is 346 g/mol. The molecule has 0 amide bonds. The zero-order valence-electron chi connectivity index (χ0n) is 10.1. The summed E-state index contributed by atoms with van der Waals surface area (Å²) in [6, 6.07) is 8.90. The lowest BCUT2D eigenvalue weighted by Gasteiger charge is -2.31. The summed E-state index contributed by atoms with van der Waals surface area (Å²) in [6.45, 7) is 4.42. The standard InChI is InChI=1S/C14H20Br2/c1-3-4-8-14(10-15,11-16)13-7-5-6-12(2)9-13/h5-7,9H,3-4,8,10-11H2,1-2H3. The fourth-order valence-electron chi connectivity index (χ4n) is 1.96. The van der Waals surface area contributed by atoms with Gasteiger partial charge in [0.1, 0.15) is 0 Å². The Morgan fingerprint density at radius 3 is 2.38 bits per heavy atom. The smallest absolute Gasteiger partial charge is 0.0147 e. The second-order valence-electron chi connectivity index (χ2n) is 4.52. The van der Waals surface area contributed by atoms with Gasteiger partial charge < -0.3 is 0 Å². The van der Waals surface area contributed by atoms with Crippen molar-refractivity contribution in [3.63, 3.8) is 0 Å². The van der Waals surface area contributed by atoms with E-state index in [1.807, 2.05) is 0 Å². The predicted octanol–water partition coefficient (Wildman–Crippen LogP) is 5.21. The highest BCUT2D eigenvalue weighted by Gasteiger charge is 2.29. The van der Waals surface area contributed by atoms with Crippen molar-refractivity contribution in [2.45, 2.75) is 38.5 Å². The zero-order chi connectivity index (χ0) is 12.0. The first-order valence-electron chi connectivity index (χ1n) is 5.87. The van der Waals surface area contributed by atoms with Crippen molar-refractivity contribution >= 4 is 31.9 Å². The first kappa shape index (κ1) is 14.2. The average Bonchev–Trinajstić information content (AvgIpc) is 2.31. The lowest BCUT2D eigenvalue weighted by Crippen LogP contribution is -2.30. The molecule has 0 saturated heterocycles. The van der Waals surface area contributed by atoms with E-state index in [4.69, 9.17) is 0 Å². The Morgan fingerprint density at radius 2 is 1.88 bits per heavy atom. The molecule has 0 nitrogen and oxygen atoms in total. The van der Waals surface area contributed by atoms with Gasteiger partial charge in [-0.05, 0) is 18.9 Å². The molecule has 0 saturated carbocycles. The molecule has 1 rings (SSSR count). The van der Waals surface area contributed by atoms with Crippen LogP contribution < -0.4 is 0 Å². The highest BCUT2D eigenvalue weighted by molar-refractivity contribution is 9.09. The number of halogens is 2. The normalized spacial score (nSPS) is 11.8. The first-order chi connectivity index (χ1) is 7.68. The predicted molar refractivity (Wildman–Crippen MR) is 80.0 cm³/mol. The SMILES string of the molecule is CCCCC(CBr)(CBr)c1cccc(C)c1. The van der Waals surface area contributed by atoms with Crippen LogP contribution in [-0.4, -0.2) is 10.7 Å². The zero-order valence-corrected chi connectivity index (χ0v) is 13.3. The van der Waals surface area contributed by atoms with E-state index in [2.05, 4.69) is 70.0 Å². The van der Waals surface area contributed by atoms with Crippen molar-refractivity contribution in [1.82, 2.24) is 0 Å². The van der Waals surface area contributed by atoms with Crippen LogP contribution in [0.3, 0.4) is 0 Å². The summed E-state index contributed by atoms with van der Waals surface area (Å²) in [5, 5.41) is 2.05. The van der Waals surface area contributed by atoms with Crippen LogP contribution in [0.1, 0.15) is 37.3 Å². The highest BCUT2D eigenvalue weighted by Crippen LogP contribution is 2.34. The van der Waals surface area contributed by atoms with Crippen molar-refractivity contribution < 1.29 is 0 Å². The summed E-state index contributed by atoms with van der Waals surface area (Å²) in [4.78, 5) is 0. The quantitative estimate of drug-likeness (QED) is 0.619. The average molecular weight is 348 g/mol. The third-order valence-electron chi connectivity index (χ3n) is 3.15. The molecule has 0 aliphatic carbocycles. The second kappa shape index (κ2) is 6.80. The van der Waals surface area contributed by atoms with E-state index in [9.17, 15) is 0 Å². The molecule has 90 valence electrons. The van der Waals surface area contributed by atoms with Gasteiger partial charge in [-0.1, -0.05) is 81.5 Å². The van der Waals surface area contributed by atoms with Gasteiger partial charge in [-0.15, -0.1) is 0 Å². The van der Waals surface area contributed by atoms with Crippen LogP contribution >= 0.6 is 31.9 Å². The lowest BCUT2D eigenvalue weighted by molar-refractivity contribution is 0.480. The van der Waals surface area contributed by atoms with E-state index in [0.29, 0.717) is 0 Å². The van der Waals surface area contributed by atoms with Crippen LogP contribution in [0.15, 0.2) is 24.3 Å². The van der Waals surface area contributed by atoms with Crippen LogP contribution in [0.2, 0.25) is 0 Å². The van der Waals surface area contributed by atoms with Gasteiger partial charge in [-0.2, -0.15) is 0 Å². The van der Waals surface area contributed by atoms with E-state index in [-0.39, 0.29) is 5.41 Å². The number of benzene rings is 1. The van der Waals surface area contributed by atoms with Gasteiger partial charge in [0.05, 0.1) is 0 Å². The van der Waals surface area contributed by atoms with Crippen molar-refractivity contribution in [3.8, 4) is 0 Å². The fourth-order valence-corrected chi connectivity index (χ4v) is 4.09. The van der Waals surface area contributed by atoms with Crippen LogP contribution in [-0.2, 0) is 5.41 Å². The third-order valence-corrected chi connectivity index (χ3v) is 5.30. The second-order valence-corrected chi connectivity index (χ2v) is 5.64. The minimum Gasteiger partial charge on any atom is -0.0918 e. The number of unbranched alkanes of at least 4 members (excludes halogenated alkanes) is 1. The minimum atomic E-state index is 0.252. The molecule has 0 unspecified atom stereocenters. The molecule has 2 heteroatoms. The van der Waals surface area contributed by atoms with Crippen molar-refractivity contribution in [3.05, 3.63) is 35.4 Å². The van der Waals surface area contributed by atoms with Crippen LogP contribution in [0, 0.1) is 6.92 Å². The Labute approximate surface area is 116 Å².